The Morgan fingerprint density at radius 3 is 2.54 bits per heavy atom. The number of hydrogen-bond acceptors (Lipinski definition) is 9. The molecule has 0 aliphatic carbocycles. The van der Waals surface area contributed by atoms with Crippen LogP contribution in [-0.4, -0.2) is 73.7 Å². The third-order valence-electron chi connectivity index (χ3n) is 5.70. The molecule has 3 N–H and O–H groups in total. The lowest BCUT2D eigenvalue weighted by Crippen LogP contribution is -2.49. The van der Waals surface area contributed by atoms with E-state index in [0.717, 1.165) is 18.4 Å². The number of nitrogens with one attached hydrogen (secondary N) is 3. The minimum atomic E-state index is -4.56. The average Bonchev–Trinajstić information content (AvgIpc) is 3.33. The van der Waals surface area contributed by atoms with Crippen LogP contribution in [0.25, 0.3) is 0 Å². The number of carbonyl (C=O) groups excluding carboxylic acids is 1. The smallest absolute Gasteiger partial charge is 0.422 e. The summed E-state index contributed by atoms with van der Waals surface area (Å²) in [6.45, 7) is 6.37. The summed E-state index contributed by atoms with van der Waals surface area (Å²) < 4.78 is 50.6. The van der Waals surface area contributed by atoms with Gasteiger partial charge < -0.3 is 30.3 Å². The van der Waals surface area contributed by atoms with Gasteiger partial charge in [0.15, 0.2) is 6.61 Å². The molecule has 4 heterocycles. The first kappa shape index (κ1) is 29.7. The van der Waals surface area contributed by atoms with Crippen LogP contribution in [0.2, 0.25) is 0 Å². The van der Waals surface area contributed by atoms with Gasteiger partial charge in [-0.15, -0.1) is 0 Å². The lowest BCUT2D eigenvalue weighted by molar-refractivity contribution is -0.154. The van der Waals surface area contributed by atoms with Gasteiger partial charge in [0.1, 0.15) is 5.75 Å². The molecule has 0 radical (unpaired) electrons. The van der Waals surface area contributed by atoms with E-state index in [-0.39, 0.29) is 17.9 Å². The number of anilines is 3. The Bertz CT molecular complexity index is 1290. The van der Waals surface area contributed by atoms with Crippen molar-refractivity contribution in [1.82, 2.24) is 34.9 Å². The maximum atomic E-state index is 13.0. The van der Waals surface area contributed by atoms with Gasteiger partial charge in [-0.3, -0.25) is 4.68 Å². The SMILES string of the molecule is CC(C)(C)NC(=O)N1CCCCOc2ccc(cc2)CNc2nc(nc(OCC(F)(F)F)n2)Nc2cnn(c2)CC1. The van der Waals surface area contributed by atoms with Gasteiger partial charge in [-0.25, -0.2) is 4.79 Å². The highest BCUT2D eigenvalue weighted by Crippen LogP contribution is 2.21. The highest BCUT2D eigenvalue weighted by molar-refractivity contribution is 5.74. The standard InChI is InChI=1S/C26H34F3N9O3/c1-25(2,3)36-24(39)37-10-4-5-13-40-20-8-6-18(7-9-20)14-30-21-33-22(32-19-15-31-38(16-19)12-11-37)35-23(34-21)41-17-26(27,28)29/h6-9,15-16H,4-5,10-14,17H2,1-3H3,(H,36,39)(H2,30,32,33,34,35). The number of aromatic nitrogens is 5. The van der Waals surface area contributed by atoms with Gasteiger partial charge in [-0.1, -0.05) is 12.1 Å². The van der Waals surface area contributed by atoms with E-state index in [0.29, 0.717) is 44.2 Å². The van der Waals surface area contributed by atoms with E-state index in [1.165, 1.54) is 6.20 Å². The second-order valence-corrected chi connectivity index (χ2v) is 10.5. The number of hydrogen-bond donors (Lipinski definition) is 3. The summed E-state index contributed by atoms with van der Waals surface area (Å²) in [5.74, 6) is 0.699. The van der Waals surface area contributed by atoms with Gasteiger partial charge in [-0.2, -0.15) is 33.2 Å². The van der Waals surface area contributed by atoms with Crippen molar-refractivity contribution in [3.05, 3.63) is 42.2 Å². The van der Waals surface area contributed by atoms with Gasteiger partial charge in [0, 0.05) is 31.4 Å². The minimum Gasteiger partial charge on any atom is -0.494 e. The lowest BCUT2D eigenvalue weighted by Gasteiger charge is -2.28. The zero-order valence-electron chi connectivity index (χ0n) is 23.2. The topological polar surface area (TPSA) is 131 Å². The Labute approximate surface area is 235 Å². The molecule has 15 heteroatoms. The predicted molar refractivity (Wildman–Crippen MR) is 145 cm³/mol. The molecule has 0 saturated carbocycles. The predicted octanol–water partition coefficient (Wildman–Crippen LogP) is 4.35. The molecule has 0 fully saturated rings. The summed E-state index contributed by atoms with van der Waals surface area (Å²) in [6.07, 6.45) is 0.168. The second-order valence-electron chi connectivity index (χ2n) is 10.5. The Hall–Kier alpha value is -4.30. The lowest BCUT2D eigenvalue weighted by atomic mass is 10.1. The molecule has 41 heavy (non-hydrogen) atoms. The molecule has 1 aromatic carbocycles. The summed E-state index contributed by atoms with van der Waals surface area (Å²) in [7, 11) is 0. The van der Waals surface area contributed by atoms with Gasteiger partial charge in [0.2, 0.25) is 11.9 Å². The summed E-state index contributed by atoms with van der Waals surface area (Å²) in [5, 5.41) is 13.3. The molecule has 2 aromatic heterocycles. The van der Waals surface area contributed by atoms with E-state index in [9.17, 15) is 18.0 Å². The Balaban J connectivity index is 1.56. The Kier molecular flexibility index (Phi) is 9.35. The van der Waals surface area contributed by atoms with Gasteiger partial charge in [0.25, 0.3) is 0 Å². The molecule has 2 amide bonds. The Morgan fingerprint density at radius 1 is 1.05 bits per heavy atom. The number of ether oxygens (including phenoxy) is 2. The normalized spacial score (nSPS) is 15.1. The van der Waals surface area contributed by atoms with E-state index < -0.39 is 24.3 Å². The van der Waals surface area contributed by atoms with Crippen LogP contribution >= 0.6 is 0 Å². The van der Waals surface area contributed by atoms with Crippen molar-refractivity contribution in [2.75, 3.05) is 36.9 Å². The number of carbonyl (C=O) groups is 1. The fourth-order valence-electron chi connectivity index (χ4n) is 3.80. The monoisotopic (exact) mass is 577 g/mol. The number of alkyl halides is 3. The number of rotatable bonds is 2. The summed E-state index contributed by atoms with van der Waals surface area (Å²) in [6, 6.07) is 6.72. The molecule has 6 bridgehead atoms. The number of nitrogens with zero attached hydrogens (tertiary/aromatic N) is 6. The largest absolute Gasteiger partial charge is 0.494 e. The van der Waals surface area contributed by atoms with Crippen LogP contribution < -0.4 is 25.4 Å². The quantitative estimate of drug-likeness (QED) is 0.407. The van der Waals surface area contributed by atoms with Crippen molar-refractivity contribution < 1.29 is 27.4 Å². The van der Waals surface area contributed by atoms with E-state index in [1.54, 1.807) is 15.8 Å². The Morgan fingerprint density at radius 2 is 1.80 bits per heavy atom. The van der Waals surface area contributed by atoms with Crippen LogP contribution in [0.15, 0.2) is 36.7 Å². The molecule has 5 rings (SSSR count). The molecule has 0 saturated heterocycles. The van der Waals surface area contributed by atoms with E-state index in [4.69, 9.17) is 9.47 Å². The van der Waals surface area contributed by atoms with Crippen LogP contribution in [-0.2, 0) is 13.1 Å². The van der Waals surface area contributed by atoms with Gasteiger partial charge in [-0.05, 0) is 51.3 Å². The zero-order chi connectivity index (χ0) is 29.5. The maximum absolute atomic E-state index is 13.0. The summed E-state index contributed by atoms with van der Waals surface area (Å²) in [5.41, 5.74) is 0.976. The van der Waals surface area contributed by atoms with E-state index in [1.807, 2.05) is 45.0 Å². The second kappa shape index (κ2) is 12.9. The fraction of sp³-hybridized carbons (Fsp3) is 0.500. The van der Waals surface area contributed by atoms with Crippen LogP contribution in [0.3, 0.4) is 0 Å². The summed E-state index contributed by atoms with van der Waals surface area (Å²) >= 11 is 0. The van der Waals surface area contributed by atoms with Crippen molar-refractivity contribution in [1.29, 1.82) is 0 Å². The first-order valence-corrected chi connectivity index (χ1v) is 13.2. The van der Waals surface area contributed by atoms with Crippen molar-refractivity contribution in [3.63, 3.8) is 0 Å². The third-order valence-corrected chi connectivity index (χ3v) is 5.70. The van der Waals surface area contributed by atoms with Gasteiger partial charge >= 0.3 is 18.2 Å². The molecular weight excluding hydrogens is 543 g/mol. The van der Waals surface area contributed by atoms with Gasteiger partial charge in [0.05, 0.1) is 25.0 Å². The molecule has 0 spiro atoms. The van der Waals surface area contributed by atoms with Crippen LogP contribution in [0.4, 0.5) is 35.5 Å². The average molecular weight is 578 g/mol. The fourth-order valence-corrected chi connectivity index (χ4v) is 3.80. The molecular formula is C26H34F3N9O3. The van der Waals surface area contributed by atoms with Crippen molar-refractivity contribution in [2.24, 2.45) is 0 Å². The summed E-state index contributed by atoms with van der Waals surface area (Å²) in [4.78, 5) is 26.9. The molecule has 12 nitrogen and oxygen atoms in total. The highest BCUT2D eigenvalue weighted by Gasteiger charge is 2.29. The molecule has 2 aliphatic heterocycles. The van der Waals surface area contributed by atoms with Crippen molar-refractivity contribution >= 4 is 23.6 Å². The van der Waals surface area contributed by atoms with Crippen molar-refractivity contribution in [3.8, 4) is 11.8 Å². The van der Waals surface area contributed by atoms with Crippen molar-refractivity contribution in [2.45, 2.75) is 58.4 Å². The number of benzene rings is 1. The number of halogens is 3. The number of fused-ring (bicyclic) bond motifs is 10. The van der Waals surface area contributed by atoms with E-state index >= 15 is 0 Å². The maximum Gasteiger partial charge on any atom is 0.422 e. The third kappa shape index (κ3) is 9.99. The molecule has 0 atom stereocenters. The molecule has 0 unspecified atom stereocenters. The number of amides is 2. The zero-order valence-corrected chi connectivity index (χ0v) is 23.2. The minimum absolute atomic E-state index is 0.0267. The molecule has 2 aliphatic rings. The molecule has 3 aromatic rings. The van der Waals surface area contributed by atoms with E-state index in [2.05, 4.69) is 36.0 Å². The first-order chi connectivity index (χ1) is 19.4. The highest BCUT2D eigenvalue weighted by atomic mass is 19.4. The molecule has 222 valence electrons. The van der Waals surface area contributed by atoms with Crippen LogP contribution in [0.1, 0.15) is 39.2 Å². The van der Waals surface area contributed by atoms with Crippen LogP contribution in [0, 0.1) is 0 Å². The number of urea groups is 1. The van der Waals surface area contributed by atoms with Crippen LogP contribution in [0.5, 0.6) is 11.8 Å². The first-order valence-electron chi connectivity index (χ1n) is 13.2.